The summed E-state index contributed by atoms with van der Waals surface area (Å²) in [5, 5.41) is 22.5. The van der Waals surface area contributed by atoms with Crippen LogP contribution in [0.3, 0.4) is 0 Å². The van der Waals surface area contributed by atoms with Crippen LogP contribution in [0.5, 0.6) is 0 Å². The molecule has 0 amide bonds. The summed E-state index contributed by atoms with van der Waals surface area (Å²) in [5.74, 6) is -8.95. The van der Waals surface area contributed by atoms with Gasteiger partial charge in [-0.1, -0.05) is 24.3 Å². The average Bonchev–Trinajstić information content (AvgIpc) is 2.92. The zero-order valence-corrected chi connectivity index (χ0v) is 20.0. The number of halogens is 9. The maximum atomic E-state index is 11.9. The summed E-state index contributed by atoms with van der Waals surface area (Å²) in [7, 11) is 0. The van der Waals surface area contributed by atoms with E-state index in [4.69, 9.17) is 5.21 Å². The van der Waals surface area contributed by atoms with Crippen LogP contribution in [0, 0.1) is 0 Å². The van der Waals surface area contributed by atoms with Crippen LogP contribution in [-0.4, -0.2) is 72.0 Å². The van der Waals surface area contributed by atoms with E-state index in [1.54, 1.807) is 30.3 Å². The number of esters is 2. The molecule has 0 aliphatic heterocycles. The van der Waals surface area contributed by atoms with Crippen molar-refractivity contribution < 1.29 is 68.7 Å². The minimum atomic E-state index is -5.62. The normalized spacial score (nSPS) is 11.5. The number of aromatic nitrogens is 6. The van der Waals surface area contributed by atoms with Crippen LogP contribution < -0.4 is 16.0 Å². The molecule has 0 atom stereocenters. The lowest BCUT2D eigenvalue weighted by Crippen LogP contribution is -2.40. The molecule has 230 valence electrons. The number of alkyl halides is 9. The van der Waals surface area contributed by atoms with Gasteiger partial charge in [0.25, 0.3) is 0 Å². The Morgan fingerprint density at radius 1 is 0.628 bits per heavy atom. The van der Waals surface area contributed by atoms with E-state index in [0.717, 1.165) is 0 Å². The Labute approximate surface area is 227 Å². The maximum absolute atomic E-state index is 11.9. The van der Waals surface area contributed by atoms with Gasteiger partial charge in [0.15, 0.2) is 0 Å². The van der Waals surface area contributed by atoms with Crippen molar-refractivity contribution in [3.8, 4) is 0 Å². The van der Waals surface area contributed by atoms with Crippen LogP contribution in [-0.2, 0) is 19.1 Å². The number of nitrogens with zero attached hydrogens (tertiary/aromatic N) is 6. The smallest absolute Gasteiger partial charge is 0.407 e. The highest BCUT2D eigenvalue weighted by molar-refractivity contribution is 5.90. The van der Waals surface area contributed by atoms with Gasteiger partial charge in [-0.05, 0) is 44.4 Å². The summed E-state index contributed by atoms with van der Waals surface area (Å²) in [4.78, 5) is 56.5. The van der Waals surface area contributed by atoms with Crippen molar-refractivity contribution in [1.82, 2.24) is 30.3 Å². The molecule has 0 bridgehead atoms. The monoisotopic (exact) mass is 632 g/mol. The van der Waals surface area contributed by atoms with Gasteiger partial charge in [0.1, 0.15) is 11.0 Å². The minimum Gasteiger partial charge on any atom is -0.407 e. The second-order valence-electron chi connectivity index (χ2n) is 7.13. The molecule has 1 N–H and O–H groups in total. The molecular formula is C20H9F9N6O8. The molecule has 4 aromatic rings. The SMILES string of the molecule is O=C(OC(=O)C(F)(F)F)C(F)(F)F.O=C(On1nnc2ccccc2c1=O)C(F)(F)F.O=c1c2ccccc2nnn1O. The van der Waals surface area contributed by atoms with Gasteiger partial charge in [0.2, 0.25) is 0 Å². The van der Waals surface area contributed by atoms with Gasteiger partial charge in [-0.3, -0.25) is 9.59 Å². The summed E-state index contributed by atoms with van der Waals surface area (Å²) >= 11 is 0. The first-order valence-electron chi connectivity index (χ1n) is 10.3. The molecule has 2 aromatic carbocycles. The fraction of sp³-hybridized carbons (Fsp3) is 0.150. The number of rotatable bonds is 1. The van der Waals surface area contributed by atoms with Crippen molar-refractivity contribution >= 4 is 39.7 Å². The third-order valence-electron chi connectivity index (χ3n) is 4.14. The van der Waals surface area contributed by atoms with Crippen LogP contribution >= 0.6 is 0 Å². The van der Waals surface area contributed by atoms with Crippen molar-refractivity contribution in [2.75, 3.05) is 0 Å². The fourth-order valence-electron chi connectivity index (χ4n) is 2.34. The molecule has 0 spiro atoms. The number of hydrogen-bond donors (Lipinski definition) is 1. The topological polar surface area (TPSA) is 185 Å². The molecule has 0 aliphatic rings. The molecule has 2 aromatic heterocycles. The van der Waals surface area contributed by atoms with Crippen molar-refractivity contribution in [3.63, 3.8) is 0 Å². The quantitative estimate of drug-likeness (QED) is 0.105. The molecule has 23 heteroatoms. The summed E-state index contributed by atoms with van der Waals surface area (Å²) in [5.41, 5.74) is -0.895. The van der Waals surface area contributed by atoms with Crippen molar-refractivity contribution in [2.45, 2.75) is 18.5 Å². The van der Waals surface area contributed by atoms with Gasteiger partial charge in [0, 0.05) is 0 Å². The van der Waals surface area contributed by atoms with E-state index in [2.05, 4.69) is 30.2 Å². The van der Waals surface area contributed by atoms with Crippen LogP contribution in [0.2, 0.25) is 0 Å². The molecule has 0 saturated carbocycles. The Bertz CT molecular complexity index is 1740. The first-order chi connectivity index (χ1) is 19.7. The second kappa shape index (κ2) is 12.9. The third kappa shape index (κ3) is 9.19. The predicted molar refractivity (Wildman–Crippen MR) is 116 cm³/mol. The Morgan fingerprint density at radius 3 is 1.47 bits per heavy atom. The molecule has 2 heterocycles. The molecule has 0 radical (unpaired) electrons. The molecule has 0 aliphatic carbocycles. The molecule has 4 rings (SSSR count). The van der Waals surface area contributed by atoms with Gasteiger partial charge in [-0.15, -0.1) is 10.2 Å². The zero-order valence-electron chi connectivity index (χ0n) is 20.0. The van der Waals surface area contributed by atoms with E-state index in [9.17, 15) is 63.5 Å². The highest BCUT2D eigenvalue weighted by Gasteiger charge is 2.49. The third-order valence-corrected chi connectivity index (χ3v) is 4.14. The number of hydrogen-bond acceptors (Lipinski definition) is 12. The molecular weight excluding hydrogens is 623 g/mol. The summed E-state index contributed by atoms with van der Waals surface area (Å²) in [6.07, 6.45) is -16.5. The van der Waals surface area contributed by atoms with E-state index in [-0.39, 0.29) is 20.6 Å². The average molecular weight is 632 g/mol. The number of ether oxygens (including phenoxy) is 1. The lowest BCUT2D eigenvalue weighted by Gasteiger charge is -2.06. The predicted octanol–water partition coefficient (Wildman–Crippen LogP) is 1.52. The molecule has 0 unspecified atom stereocenters. The lowest BCUT2D eigenvalue weighted by molar-refractivity contribution is -0.221. The van der Waals surface area contributed by atoms with E-state index < -0.39 is 47.6 Å². The van der Waals surface area contributed by atoms with E-state index >= 15 is 0 Å². The van der Waals surface area contributed by atoms with Crippen LogP contribution in [0.25, 0.3) is 21.8 Å². The van der Waals surface area contributed by atoms with Crippen LogP contribution in [0.1, 0.15) is 0 Å². The second-order valence-corrected chi connectivity index (χ2v) is 7.13. The number of carbonyl (C=O) groups excluding carboxylic acids is 3. The van der Waals surface area contributed by atoms with Gasteiger partial charge in [-0.2, -0.15) is 39.5 Å². The summed E-state index contributed by atoms with van der Waals surface area (Å²) in [6.45, 7) is 0. The van der Waals surface area contributed by atoms with Crippen LogP contribution in [0.15, 0.2) is 58.1 Å². The molecule has 14 nitrogen and oxygen atoms in total. The first-order valence-corrected chi connectivity index (χ1v) is 10.3. The van der Waals surface area contributed by atoms with Crippen molar-refractivity contribution in [2.24, 2.45) is 0 Å². The van der Waals surface area contributed by atoms with E-state index in [0.29, 0.717) is 10.9 Å². The van der Waals surface area contributed by atoms with Gasteiger partial charge >= 0.3 is 47.6 Å². The Morgan fingerprint density at radius 2 is 1.02 bits per heavy atom. The van der Waals surface area contributed by atoms with Crippen LogP contribution in [0.4, 0.5) is 39.5 Å². The minimum absolute atomic E-state index is 0.0116. The van der Waals surface area contributed by atoms with Gasteiger partial charge < -0.3 is 14.8 Å². The number of carbonyl (C=O) groups is 3. The van der Waals surface area contributed by atoms with E-state index in [1.165, 1.54) is 18.2 Å². The number of fused-ring (bicyclic) bond motifs is 2. The highest BCUT2D eigenvalue weighted by atomic mass is 19.4. The summed E-state index contributed by atoms with van der Waals surface area (Å²) < 4.78 is 105. The lowest BCUT2D eigenvalue weighted by atomic mass is 10.2. The van der Waals surface area contributed by atoms with Crippen molar-refractivity contribution in [1.29, 1.82) is 0 Å². The van der Waals surface area contributed by atoms with Gasteiger partial charge in [-0.25, -0.2) is 14.4 Å². The Kier molecular flexibility index (Phi) is 10.1. The van der Waals surface area contributed by atoms with Gasteiger partial charge in [0.05, 0.1) is 10.8 Å². The molecule has 43 heavy (non-hydrogen) atoms. The zero-order chi connectivity index (χ0) is 32.8. The largest absolute Gasteiger partial charge is 0.493 e. The summed E-state index contributed by atoms with van der Waals surface area (Å²) in [6, 6.07) is 12.5. The first kappa shape index (κ1) is 33.6. The highest BCUT2D eigenvalue weighted by Crippen LogP contribution is 2.21. The Hall–Kier alpha value is -5.64. The van der Waals surface area contributed by atoms with Crippen molar-refractivity contribution in [3.05, 3.63) is 69.2 Å². The molecule has 0 saturated heterocycles. The standard InChI is InChI=1S/C9H4F3N3O3.C7H5N3O2.C4F6O3/c10-9(11,12)8(17)18-15-7(16)5-3-1-2-4-6(5)13-14-15;11-7-5-3-1-2-4-6(5)8-9-10(7)12;5-3(6,7)1(11)13-2(12)4(8,9)10/h1-4H;1-4,12H;. The molecule has 0 fully saturated rings. The van der Waals surface area contributed by atoms with E-state index in [1.807, 2.05) is 0 Å². The number of benzene rings is 2. The fourth-order valence-corrected chi connectivity index (χ4v) is 2.34. The Balaban J connectivity index is 0.000000232. The maximum Gasteiger partial charge on any atom is 0.493 e.